The molecular weight excluding hydrogens is 144 g/mol. The van der Waals surface area contributed by atoms with Gasteiger partial charge in [-0.2, -0.15) is 0 Å². The molecule has 0 radical (unpaired) electrons. The van der Waals surface area contributed by atoms with Crippen molar-refractivity contribution in [3.8, 4) is 0 Å². The zero-order valence-corrected chi connectivity index (χ0v) is 9.15. The van der Waals surface area contributed by atoms with E-state index >= 15 is 0 Å². The van der Waals surface area contributed by atoms with E-state index in [1.807, 2.05) is 0 Å². The minimum Gasteiger partial charge on any atom is -0.0880 e. The van der Waals surface area contributed by atoms with Gasteiger partial charge in [0.05, 0.1) is 0 Å². The fourth-order valence-electron chi connectivity index (χ4n) is 2.17. The quantitative estimate of drug-likeness (QED) is 0.555. The van der Waals surface area contributed by atoms with Gasteiger partial charge in [0.2, 0.25) is 0 Å². The first kappa shape index (κ1) is 9.83. The van der Waals surface area contributed by atoms with Crippen LogP contribution in [0.25, 0.3) is 0 Å². The summed E-state index contributed by atoms with van der Waals surface area (Å²) in [6, 6.07) is 0. The van der Waals surface area contributed by atoms with Crippen molar-refractivity contribution in [2.24, 2.45) is 16.7 Å². The smallest absolute Gasteiger partial charge is 0.00615 e. The van der Waals surface area contributed by atoms with Gasteiger partial charge in [0.25, 0.3) is 0 Å². The van der Waals surface area contributed by atoms with E-state index in [-0.39, 0.29) is 0 Å². The molecule has 0 saturated heterocycles. The second-order valence-corrected chi connectivity index (χ2v) is 4.92. The van der Waals surface area contributed by atoms with E-state index in [0.29, 0.717) is 10.8 Å². The third-order valence-corrected chi connectivity index (χ3v) is 4.21. The van der Waals surface area contributed by atoms with Gasteiger partial charge in [0.1, 0.15) is 0 Å². The second kappa shape index (κ2) is 2.90. The first-order valence-corrected chi connectivity index (χ1v) is 5.14. The molecule has 0 amide bonds. The molecule has 1 fully saturated rings. The summed E-state index contributed by atoms with van der Waals surface area (Å²) in [7, 11) is 0. The Hall–Kier alpha value is -0.260. The zero-order valence-electron chi connectivity index (χ0n) is 9.15. The van der Waals surface area contributed by atoms with Crippen LogP contribution in [0.5, 0.6) is 0 Å². The van der Waals surface area contributed by atoms with Crippen LogP contribution >= 0.6 is 0 Å². The number of hydrogen-bond acceptors (Lipinski definition) is 0. The van der Waals surface area contributed by atoms with Gasteiger partial charge in [-0.15, -0.1) is 0 Å². The van der Waals surface area contributed by atoms with Gasteiger partial charge in [0.15, 0.2) is 0 Å². The minimum absolute atomic E-state index is 0.474. The molecule has 0 aromatic rings. The third-order valence-electron chi connectivity index (χ3n) is 4.21. The summed E-state index contributed by atoms with van der Waals surface area (Å²) >= 11 is 0. The molecule has 0 N–H and O–H groups in total. The molecule has 2 atom stereocenters. The Labute approximate surface area is 77.1 Å². The van der Waals surface area contributed by atoms with E-state index in [2.05, 4.69) is 46.8 Å². The summed E-state index contributed by atoms with van der Waals surface area (Å²) in [6.07, 6.45) is 7.28. The van der Waals surface area contributed by atoms with Gasteiger partial charge in [-0.3, -0.25) is 0 Å². The lowest BCUT2D eigenvalue weighted by molar-refractivity contribution is 0.499. The molecule has 0 aromatic carbocycles. The van der Waals surface area contributed by atoms with Crippen LogP contribution in [0.3, 0.4) is 0 Å². The molecule has 0 aliphatic heterocycles. The lowest BCUT2D eigenvalue weighted by atomic mass is 9.97. The molecule has 12 heavy (non-hydrogen) atoms. The van der Waals surface area contributed by atoms with Crippen molar-refractivity contribution < 1.29 is 0 Å². The topological polar surface area (TPSA) is 0 Å². The highest BCUT2D eigenvalue weighted by molar-refractivity contribution is 5.22. The molecule has 0 heteroatoms. The Balaban J connectivity index is 2.54. The molecule has 0 nitrogen and oxygen atoms in total. The van der Waals surface area contributed by atoms with E-state index in [4.69, 9.17) is 0 Å². The number of unbranched alkanes of at least 4 members (excludes halogenated alkanes) is 1. The highest BCUT2D eigenvalue weighted by Crippen LogP contribution is 2.69. The Morgan fingerprint density at radius 2 is 1.75 bits per heavy atom. The van der Waals surface area contributed by atoms with E-state index in [1.54, 1.807) is 0 Å². The molecular formula is C12H22. The van der Waals surface area contributed by atoms with Gasteiger partial charge in [0, 0.05) is 0 Å². The predicted molar refractivity (Wildman–Crippen MR) is 55.1 cm³/mol. The van der Waals surface area contributed by atoms with Crippen LogP contribution in [-0.4, -0.2) is 0 Å². The van der Waals surface area contributed by atoms with Crippen LogP contribution < -0.4 is 0 Å². The van der Waals surface area contributed by atoms with E-state index in [9.17, 15) is 0 Å². The van der Waals surface area contributed by atoms with Crippen molar-refractivity contribution in [3.05, 3.63) is 12.2 Å². The maximum Gasteiger partial charge on any atom is -0.00615 e. The van der Waals surface area contributed by atoms with Crippen molar-refractivity contribution in [1.29, 1.82) is 0 Å². The Morgan fingerprint density at radius 3 is 2.08 bits per heavy atom. The second-order valence-electron chi connectivity index (χ2n) is 4.92. The average Bonchev–Trinajstić information content (AvgIpc) is 2.36. The summed E-state index contributed by atoms with van der Waals surface area (Å²) in [5, 5.41) is 0. The highest BCUT2D eigenvalue weighted by Gasteiger charge is 2.63. The molecule has 0 heterocycles. The van der Waals surface area contributed by atoms with Crippen LogP contribution in [0.4, 0.5) is 0 Å². The Kier molecular flexibility index (Phi) is 2.38. The maximum absolute atomic E-state index is 2.43. The number of rotatable bonds is 3. The van der Waals surface area contributed by atoms with Crippen LogP contribution in [0, 0.1) is 16.7 Å². The molecule has 0 aromatic heterocycles. The monoisotopic (exact) mass is 166 g/mol. The summed E-state index contributed by atoms with van der Waals surface area (Å²) in [4.78, 5) is 0. The number of hydrogen-bond donors (Lipinski definition) is 0. The van der Waals surface area contributed by atoms with Crippen molar-refractivity contribution >= 4 is 0 Å². The summed E-state index contributed by atoms with van der Waals surface area (Å²) in [5.74, 6) is 0.845. The van der Waals surface area contributed by atoms with Crippen molar-refractivity contribution in [1.82, 2.24) is 0 Å². The molecule has 0 spiro atoms. The highest BCUT2D eigenvalue weighted by atomic mass is 14.7. The van der Waals surface area contributed by atoms with Gasteiger partial charge >= 0.3 is 0 Å². The zero-order chi connectivity index (χ0) is 9.41. The third kappa shape index (κ3) is 1.22. The summed E-state index contributed by atoms with van der Waals surface area (Å²) < 4.78 is 0. The first-order chi connectivity index (χ1) is 5.47. The molecule has 70 valence electrons. The van der Waals surface area contributed by atoms with Gasteiger partial charge in [-0.1, -0.05) is 53.2 Å². The van der Waals surface area contributed by atoms with Gasteiger partial charge < -0.3 is 0 Å². The average molecular weight is 166 g/mol. The fourth-order valence-corrected chi connectivity index (χ4v) is 2.17. The van der Waals surface area contributed by atoms with Crippen molar-refractivity contribution in [2.45, 2.75) is 47.5 Å². The van der Waals surface area contributed by atoms with E-state index in [0.717, 1.165) is 5.92 Å². The Bertz CT molecular complexity index is 188. The van der Waals surface area contributed by atoms with Crippen LogP contribution in [-0.2, 0) is 0 Å². The minimum atomic E-state index is 0.474. The van der Waals surface area contributed by atoms with Crippen LogP contribution in [0.2, 0.25) is 0 Å². The van der Waals surface area contributed by atoms with Crippen LogP contribution in [0.1, 0.15) is 47.5 Å². The van der Waals surface area contributed by atoms with Crippen LogP contribution in [0.15, 0.2) is 12.2 Å². The molecule has 1 aliphatic carbocycles. The van der Waals surface area contributed by atoms with Crippen molar-refractivity contribution in [2.75, 3.05) is 0 Å². The summed E-state index contributed by atoms with van der Waals surface area (Å²) in [6.45, 7) is 11.7. The Morgan fingerprint density at radius 1 is 1.25 bits per heavy atom. The fraction of sp³-hybridized carbons (Fsp3) is 0.833. The lowest BCUT2D eigenvalue weighted by Crippen LogP contribution is -1.98. The largest absolute Gasteiger partial charge is 0.0880 e. The SMILES string of the molecule is CCCC=CC1(C)C(C)C1(C)C. The maximum atomic E-state index is 2.43. The molecule has 0 bridgehead atoms. The van der Waals surface area contributed by atoms with E-state index < -0.39 is 0 Å². The predicted octanol–water partition coefficient (Wildman–Crippen LogP) is 4.02. The molecule has 1 aliphatic rings. The van der Waals surface area contributed by atoms with Gasteiger partial charge in [-0.25, -0.2) is 0 Å². The molecule has 2 unspecified atom stereocenters. The summed E-state index contributed by atoms with van der Waals surface area (Å²) in [5.41, 5.74) is 0.999. The lowest BCUT2D eigenvalue weighted by Gasteiger charge is -2.07. The molecule has 1 saturated carbocycles. The standard InChI is InChI=1S/C12H22/c1-6-7-8-9-12(5)10(2)11(12,3)4/h8-10H,6-7H2,1-5H3. The first-order valence-electron chi connectivity index (χ1n) is 5.14. The normalized spacial score (nSPS) is 38.9. The number of allylic oxidation sites excluding steroid dienone is 2. The molecule has 1 rings (SSSR count). The van der Waals surface area contributed by atoms with Gasteiger partial charge in [-0.05, 0) is 23.2 Å². The van der Waals surface area contributed by atoms with E-state index in [1.165, 1.54) is 12.8 Å². The van der Waals surface area contributed by atoms with Crippen molar-refractivity contribution in [3.63, 3.8) is 0 Å².